The molecular formula is C19H24FNO3. The topological polar surface area (TPSA) is 42.7 Å². The SMILES string of the molecule is CN(C)C1CCc2oc3cc(F)c(C(=O)OC(C)(C)C)cc3c2C1. The number of benzene rings is 1. The Morgan fingerprint density at radius 2 is 2.04 bits per heavy atom. The van der Waals surface area contributed by atoms with E-state index in [9.17, 15) is 9.18 Å². The summed E-state index contributed by atoms with van der Waals surface area (Å²) >= 11 is 0. The van der Waals surface area contributed by atoms with Gasteiger partial charge in [-0.25, -0.2) is 9.18 Å². The molecule has 0 aliphatic heterocycles. The summed E-state index contributed by atoms with van der Waals surface area (Å²) < 4.78 is 25.5. The maximum Gasteiger partial charge on any atom is 0.341 e. The Morgan fingerprint density at radius 1 is 1.33 bits per heavy atom. The number of esters is 1. The van der Waals surface area contributed by atoms with Gasteiger partial charge in [-0.2, -0.15) is 0 Å². The second-order valence-electron chi connectivity index (χ2n) is 7.69. The fourth-order valence-corrected chi connectivity index (χ4v) is 3.21. The van der Waals surface area contributed by atoms with Crippen molar-refractivity contribution in [2.45, 2.75) is 51.7 Å². The normalized spacial score (nSPS) is 18.0. The molecule has 0 saturated heterocycles. The number of fused-ring (bicyclic) bond motifs is 3. The summed E-state index contributed by atoms with van der Waals surface area (Å²) in [6, 6.07) is 3.31. The third-order valence-electron chi connectivity index (χ3n) is 4.46. The monoisotopic (exact) mass is 333 g/mol. The molecule has 1 aliphatic carbocycles. The van der Waals surface area contributed by atoms with Gasteiger partial charge in [0, 0.05) is 29.5 Å². The summed E-state index contributed by atoms with van der Waals surface area (Å²) in [4.78, 5) is 14.5. The molecule has 0 spiro atoms. The zero-order chi connectivity index (χ0) is 17.6. The van der Waals surface area contributed by atoms with Crippen molar-refractivity contribution in [2.75, 3.05) is 14.1 Å². The molecule has 0 fully saturated rings. The van der Waals surface area contributed by atoms with Crippen LogP contribution in [0.3, 0.4) is 0 Å². The molecule has 1 atom stereocenters. The van der Waals surface area contributed by atoms with E-state index in [0.717, 1.165) is 36.0 Å². The fourth-order valence-electron chi connectivity index (χ4n) is 3.21. The Hall–Kier alpha value is -1.88. The van der Waals surface area contributed by atoms with Crippen LogP contribution in [0.15, 0.2) is 16.5 Å². The van der Waals surface area contributed by atoms with E-state index < -0.39 is 17.4 Å². The fraction of sp³-hybridized carbons (Fsp3) is 0.526. The van der Waals surface area contributed by atoms with Crippen LogP contribution in [0.4, 0.5) is 4.39 Å². The van der Waals surface area contributed by atoms with Crippen LogP contribution in [0.5, 0.6) is 0 Å². The molecule has 1 heterocycles. The molecule has 1 aromatic heterocycles. The lowest BCUT2D eigenvalue weighted by molar-refractivity contribution is 0.00649. The van der Waals surface area contributed by atoms with E-state index in [1.54, 1.807) is 26.8 Å². The molecule has 130 valence electrons. The van der Waals surface area contributed by atoms with Crippen LogP contribution in [0.2, 0.25) is 0 Å². The van der Waals surface area contributed by atoms with Gasteiger partial charge in [0.25, 0.3) is 0 Å². The first-order valence-corrected chi connectivity index (χ1v) is 8.29. The third kappa shape index (κ3) is 3.18. The van der Waals surface area contributed by atoms with Crippen LogP contribution in [-0.2, 0) is 17.6 Å². The zero-order valence-corrected chi connectivity index (χ0v) is 14.9. The predicted molar refractivity (Wildman–Crippen MR) is 90.8 cm³/mol. The molecule has 24 heavy (non-hydrogen) atoms. The van der Waals surface area contributed by atoms with E-state index in [1.807, 2.05) is 0 Å². The molecule has 0 radical (unpaired) electrons. The Morgan fingerprint density at radius 3 is 2.67 bits per heavy atom. The third-order valence-corrected chi connectivity index (χ3v) is 4.46. The number of likely N-dealkylation sites (N-methyl/N-ethyl adjacent to an activating group) is 1. The van der Waals surface area contributed by atoms with Crippen molar-refractivity contribution in [1.82, 2.24) is 4.90 Å². The lowest BCUT2D eigenvalue weighted by Crippen LogP contribution is -2.33. The van der Waals surface area contributed by atoms with Gasteiger partial charge in [-0.05, 0) is 53.8 Å². The van der Waals surface area contributed by atoms with Crippen molar-refractivity contribution in [1.29, 1.82) is 0 Å². The minimum absolute atomic E-state index is 0.0343. The van der Waals surface area contributed by atoms with Crippen LogP contribution < -0.4 is 0 Å². The van der Waals surface area contributed by atoms with Gasteiger partial charge in [0.2, 0.25) is 0 Å². The summed E-state index contributed by atoms with van der Waals surface area (Å²) in [5, 5.41) is 0.818. The van der Waals surface area contributed by atoms with Crippen molar-refractivity contribution in [3.63, 3.8) is 0 Å². The number of nitrogens with zero attached hydrogens (tertiary/aromatic N) is 1. The van der Waals surface area contributed by atoms with Crippen LogP contribution in [0.1, 0.15) is 48.9 Å². The summed E-state index contributed by atoms with van der Waals surface area (Å²) in [6.45, 7) is 5.30. The Bertz CT molecular complexity index is 786. The number of rotatable bonds is 2. The molecule has 0 bridgehead atoms. The number of hydrogen-bond donors (Lipinski definition) is 0. The number of ether oxygens (including phenoxy) is 1. The van der Waals surface area contributed by atoms with E-state index in [4.69, 9.17) is 9.15 Å². The van der Waals surface area contributed by atoms with Gasteiger partial charge >= 0.3 is 5.97 Å². The van der Waals surface area contributed by atoms with Crippen LogP contribution >= 0.6 is 0 Å². The van der Waals surface area contributed by atoms with Gasteiger partial charge in [-0.1, -0.05) is 0 Å². The summed E-state index contributed by atoms with van der Waals surface area (Å²) in [7, 11) is 4.12. The maximum absolute atomic E-state index is 14.3. The van der Waals surface area contributed by atoms with Gasteiger partial charge in [0.1, 0.15) is 22.8 Å². The molecule has 0 amide bonds. The maximum atomic E-state index is 14.3. The molecular weight excluding hydrogens is 309 g/mol. The minimum atomic E-state index is -0.662. The van der Waals surface area contributed by atoms with Crippen LogP contribution in [0.25, 0.3) is 11.0 Å². The molecule has 1 aliphatic rings. The molecule has 1 aromatic carbocycles. The average Bonchev–Trinajstić information content (AvgIpc) is 2.80. The first kappa shape index (κ1) is 17.0. The van der Waals surface area contributed by atoms with Crippen molar-refractivity contribution in [3.8, 4) is 0 Å². The Kier molecular flexibility index (Phi) is 4.16. The highest BCUT2D eigenvalue weighted by molar-refractivity contribution is 5.96. The van der Waals surface area contributed by atoms with E-state index >= 15 is 0 Å². The minimum Gasteiger partial charge on any atom is -0.461 e. The smallest absolute Gasteiger partial charge is 0.341 e. The lowest BCUT2D eigenvalue weighted by Gasteiger charge is -2.27. The molecule has 0 N–H and O–H groups in total. The standard InChI is InChI=1S/C19H24FNO3/c1-19(2,3)24-18(22)14-9-13-12-8-11(21(4)5)6-7-16(12)23-17(13)10-15(14)20/h9-11H,6-8H2,1-5H3. The molecule has 5 heteroatoms. The zero-order valence-electron chi connectivity index (χ0n) is 14.9. The van der Waals surface area contributed by atoms with Crippen LogP contribution in [-0.4, -0.2) is 36.6 Å². The van der Waals surface area contributed by atoms with E-state index in [-0.39, 0.29) is 5.56 Å². The number of hydrogen-bond acceptors (Lipinski definition) is 4. The second kappa shape index (κ2) is 5.88. The summed E-state index contributed by atoms with van der Waals surface area (Å²) in [6.07, 6.45) is 2.69. The highest BCUT2D eigenvalue weighted by Gasteiger charge is 2.28. The highest BCUT2D eigenvalue weighted by Crippen LogP contribution is 2.34. The number of carbonyl (C=O) groups is 1. The Labute approximate surface area is 141 Å². The molecule has 2 aromatic rings. The second-order valence-corrected chi connectivity index (χ2v) is 7.69. The molecule has 0 saturated carbocycles. The van der Waals surface area contributed by atoms with Gasteiger partial charge < -0.3 is 14.1 Å². The van der Waals surface area contributed by atoms with Crippen molar-refractivity contribution >= 4 is 16.9 Å². The number of halogens is 1. The van der Waals surface area contributed by atoms with Crippen molar-refractivity contribution in [3.05, 3.63) is 34.8 Å². The largest absolute Gasteiger partial charge is 0.461 e. The first-order chi connectivity index (χ1) is 11.2. The van der Waals surface area contributed by atoms with Crippen LogP contribution in [0, 0.1) is 5.82 Å². The number of carbonyl (C=O) groups excluding carboxylic acids is 1. The van der Waals surface area contributed by atoms with Crippen molar-refractivity contribution < 1.29 is 18.3 Å². The average molecular weight is 333 g/mol. The highest BCUT2D eigenvalue weighted by atomic mass is 19.1. The Balaban J connectivity index is 2.04. The van der Waals surface area contributed by atoms with Gasteiger partial charge in [0.05, 0.1) is 5.56 Å². The number of aryl methyl sites for hydroxylation is 1. The molecule has 4 nitrogen and oxygen atoms in total. The molecule has 1 unspecified atom stereocenters. The summed E-state index contributed by atoms with van der Waals surface area (Å²) in [5.41, 5.74) is 0.890. The number of furan rings is 1. The van der Waals surface area contributed by atoms with Gasteiger partial charge in [-0.15, -0.1) is 0 Å². The summed E-state index contributed by atoms with van der Waals surface area (Å²) in [5.74, 6) is -0.340. The van der Waals surface area contributed by atoms with Gasteiger partial charge in [-0.3, -0.25) is 0 Å². The first-order valence-electron chi connectivity index (χ1n) is 8.29. The quantitative estimate of drug-likeness (QED) is 0.781. The van der Waals surface area contributed by atoms with Gasteiger partial charge in [0.15, 0.2) is 0 Å². The van der Waals surface area contributed by atoms with E-state index in [2.05, 4.69) is 19.0 Å². The predicted octanol–water partition coefficient (Wildman–Crippen LogP) is 3.95. The van der Waals surface area contributed by atoms with E-state index in [0.29, 0.717) is 11.6 Å². The van der Waals surface area contributed by atoms with E-state index in [1.165, 1.54) is 6.07 Å². The lowest BCUT2D eigenvalue weighted by atomic mass is 9.91. The van der Waals surface area contributed by atoms with Crippen molar-refractivity contribution in [2.24, 2.45) is 0 Å². The molecule has 3 rings (SSSR count).